The molecule has 4 rings (SSSR count). The van der Waals surface area contributed by atoms with Gasteiger partial charge in [0.25, 0.3) is 0 Å². The average Bonchev–Trinajstić information content (AvgIpc) is 3.18. The number of rotatable bonds is 5. The van der Waals surface area contributed by atoms with Crippen LogP contribution >= 0.6 is 0 Å². The summed E-state index contributed by atoms with van der Waals surface area (Å²) < 4.78 is 2.09. The number of hydrogen-bond donors (Lipinski definition) is 2. The van der Waals surface area contributed by atoms with Crippen LogP contribution in [0.25, 0.3) is 5.65 Å². The lowest BCUT2D eigenvalue weighted by atomic mass is 10.1. The second-order valence-corrected chi connectivity index (χ2v) is 8.00. The molecule has 1 fully saturated rings. The van der Waals surface area contributed by atoms with Crippen LogP contribution in [0.3, 0.4) is 0 Å². The Bertz CT molecular complexity index is 998. The van der Waals surface area contributed by atoms with E-state index in [1.165, 1.54) is 11.1 Å². The Balaban J connectivity index is 1.24. The summed E-state index contributed by atoms with van der Waals surface area (Å²) in [7, 11) is 1.83. The molecule has 2 N–H and O–H groups in total. The normalized spacial score (nSPS) is 15.6. The molecule has 0 aliphatic carbocycles. The van der Waals surface area contributed by atoms with E-state index < -0.39 is 0 Å². The molecule has 0 atom stereocenters. The predicted molar refractivity (Wildman–Crippen MR) is 122 cm³/mol. The number of nitrogens with zero attached hydrogens (tertiary/aromatic N) is 5. The second kappa shape index (κ2) is 9.15. The van der Waals surface area contributed by atoms with Crippen LogP contribution in [0.4, 0.5) is 5.82 Å². The number of aliphatic imine (C=N–C) groups is 1. The van der Waals surface area contributed by atoms with Crippen molar-refractivity contribution in [2.75, 3.05) is 31.6 Å². The van der Waals surface area contributed by atoms with Crippen LogP contribution in [0.2, 0.25) is 0 Å². The molecular weight excluding hydrogens is 374 g/mol. The van der Waals surface area contributed by atoms with Gasteiger partial charge in [-0.15, -0.1) is 0 Å². The van der Waals surface area contributed by atoms with Crippen molar-refractivity contribution in [3.05, 3.63) is 59.7 Å². The maximum absolute atomic E-state index is 4.74. The summed E-state index contributed by atoms with van der Waals surface area (Å²) in [5, 5.41) is 7.01. The number of nitrogens with one attached hydrogen (secondary N) is 2. The number of aromatic nitrogens is 3. The van der Waals surface area contributed by atoms with E-state index in [0.29, 0.717) is 6.04 Å². The molecule has 7 nitrogen and oxygen atoms in total. The third-order valence-electron chi connectivity index (χ3n) is 5.68. The maximum atomic E-state index is 4.74. The number of pyridine rings is 2. The van der Waals surface area contributed by atoms with Gasteiger partial charge in [-0.05, 0) is 49.9 Å². The Kier molecular flexibility index (Phi) is 6.16. The number of fused-ring (bicyclic) bond motifs is 1. The third kappa shape index (κ3) is 4.72. The number of guanidine groups is 1. The maximum Gasteiger partial charge on any atom is 0.191 e. The van der Waals surface area contributed by atoms with Crippen molar-refractivity contribution >= 4 is 17.4 Å². The first-order chi connectivity index (χ1) is 14.6. The van der Waals surface area contributed by atoms with Crippen molar-refractivity contribution in [2.24, 2.45) is 4.99 Å². The quantitative estimate of drug-likeness (QED) is 0.505. The summed E-state index contributed by atoms with van der Waals surface area (Å²) in [5.41, 5.74) is 4.52. The van der Waals surface area contributed by atoms with Crippen LogP contribution in [-0.2, 0) is 6.42 Å². The van der Waals surface area contributed by atoms with Crippen LogP contribution < -0.4 is 15.5 Å². The standard InChI is InChI=1S/C23H31N7/c1-17-6-7-21(26-15-17)29-13-9-19(10-14-29)28-23(24-3)25-11-8-20-16-30-12-4-5-18(2)22(30)27-20/h4-7,12,15-16,19H,8-11,13-14H2,1-3H3,(H2,24,25,28). The van der Waals surface area contributed by atoms with Crippen LogP contribution in [-0.4, -0.2) is 53.1 Å². The molecule has 0 aromatic carbocycles. The molecule has 0 radical (unpaired) electrons. The highest BCUT2D eigenvalue weighted by Crippen LogP contribution is 2.18. The first-order valence-corrected chi connectivity index (χ1v) is 10.7. The molecule has 0 saturated carbocycles. The summed E-state index contributed by atoms with van der Waals surface area (Å²) in [6, 6.07) is 8.82. The van der Waals surface area contributed by atoms with Gasteiger partial charge >= 0.3 is 0 Å². The minimum Gasteiger partial charge on any atom is -0.356 e. The van der Waals surface area contributed by atoms with Crippen LogP contribution in [0, 0.1) is 13.8 Å². The van der Waals surface area contributed by atoms with E-state index in [1.54, 1.807) is 0 Å². The molecule has 1 aliphatic rings. The van der Waals surface area contributed by atoms with Gasteiger partial charge in [0.2, 0.25) is 0 Å². The zero-order valence-electron chi connectivity index (χ0n) is 18.1. The fraction of sp³-hybridized carbons (Fsp3) is 0.435. The molecule has 158 valence electrons. The number of imidazole rings is 1. The van der Waals surface area contributed by atoms with Crippen molar-refractivity contribution < 1.29 is 0 Å². The van der Waals surface area contributed by atoms with E-state index in [1.807, 2.05) is 19.4 Å². The summed E-state index contributed by atoms with van der Waals surface area (Å²) in [5.74, 6) is 1.94. The fourth-order valence-corrected chi connectivity index (χ4v) is 3.92. The van der Waals surface area contributed by atoms with Crippen molar-refractivity contribution in [3.63, 3.8) is 0 Å². The molecule has 30 heavy (non-hydrogen) atoms. The van der Waals surface area contributed by atoms with Gasteiger partial charge in [0, 0.05) is 57.7 Å². The van der Waals surface area contributed by atoms with Gasteiger partial charge < -0.3 is 19.9 Å². The Hall–Kier alpha value is -3.09. The Morgan fingerprint density at radius 3 is 2.73 bits per heavy atom. The summed E-state index contributed by atoms with van der Waals surface area (Å²) in [4.78, 5) is 16.1. The molecule has 4 heterocycles. The Morgan fingerprint density at radius 2 is 2.03 bits per heavy atom. The van der Waals surface area contributed by atoms with Crippen molar-refractivity contribution in [3.8, 4) is 0 Å². The first kappa shape index (κ1) is 20.2. The topological polar surface area (TPSA) is 69.8 Å². The van der Waals surface area contributed by atoms with Gasteiger partial charge in [0.05, 0.1) is 5.69 Å². The first-order valence-electron chi connectivity index (χ1n) is 10.7. The molecule has 3 aromatic rings. The third-order valence-corrected chi connectivity index (χ3v) is 5.68. The number of piperidine rings is 1. The Labute approximate surface area is 178 Å². The molecule has 3 aromatic heterocycles. The smallest absolute Gasteiger partial charge is 0.191 e. The van der Waals surface area contributed by atoms with Crippen molar-refractivity contribution in [1.82, 2.24) is 25.0 Å². The van der Waals surface area contributed by atoms with Crippen molar-refractivity contribution in [2.45, 2.75) is 39.2 Å². The molecule has 7 heteroatoms. The van der Waals surface area contributed by atoms with E-state index in [2.05, 4.69) is 74.2 Å². The van der Waals surface area contributed by atoms with Gasteiger partial charge in [-0.1, -0.05) is 12.1 Å². The van der Waals surface area contributed by atoms with Crippen LogP contribution in [0.15, 0.2) is 47.8 Å². The largest absolute Gasteiger partial charge is 0.356 e. The van der Waals surface area contributed by atoms with E-state index in [0.717, 1.165) is 62.0 Å². The Morgan fingerprint density at radius 1 is 1.20 bits per heavy atom. The average molecular weight is 406 g/mol. The zero-order chi connectivity index (χ0) is 20.9. The van der Waals surface area contributed by atoms with E-state index in [4.69, 9.17) is 4.98 Å². The molecule has 0 amide bonds. The van der Waals surface area contributed by atoms with Crippen LogP contribution in [0.5, 0.6) is 0 Å². The van der Waals surface area contributed by atoms with Crippen molar-refractivity contribution in [1.29, 1.82) is 0 Å². The minimum atomic E-state index is 0.427. The van der Waals surface area contributed by atoms with Gasteiger partial charge in [-0.25, -0.2) is 9.97 Å². The summed E-state index contributed by atoms with van der Waals surface area (Å²) in [6.45, 7) is 6.98. The highest BCUT2D eigenvalue weighted by Gasteiger charge is 2.20. The molecule has 0 unspecified atom stereocenters. The van der Waals surface area contributed by atoms with Gasteiger partial charge in [-0.3, -0.25) is 4.99 Å². The van der Waals surface area contributed by atoms with Gasteiger partial charge in [-0.2, -0.15) is 0 Å². The lowest BCUT2D eigenvalue weighted by Crippen LogP contribution is -2.49. The second-order valence-electron chi connectivity index (χ2n) is 8.00. The molecule has 1 aliphatic heterocycles. The zero-order valence-corrected chi connectivity index (χ0v) is 18.1. The van der Waals surface area contributed by atoms with Gasteiger partial charge in [0.15, 0.2) is 5.96 Å². The lowest BCUT2D eigenvalue weighted by molar-refractivity contribution is 0.459. The minimum absolute atomic E-state index is 0.427. The highest BCUT2D eigenvalue weighted by atomic mass is 15.2. The summed E-state index contributed by atoms with van der Waals surface area (Å²) >= 11 is 0. The fourth-order valence-electron chi connectivity index (χ4n) is 3.92. The lowest BCUT2D eigenvalue weighted by Gasteiger charge is -2.33. The van der Waals surface area contributed by atoms with Crippen LogP contribution in [0.1, 0.15) is 29.7 Å². The SMILES string of the molecule is CN=C(NCCc1cn2cccc(C)c2n1)NC1CCN(c2ccc(C)cn2)CC1. The van der Waals surface area contributed by atoms with E-state index >= 15 is 0 Å². The predicted octanol–water partition coefficient (Wildman–Crippen LogP) is 2.72. The molecular formula is C23H31N7. The molecule has 0 bridgehead atoms. The molecule has 1 saturated heterocycles. The van der Waals surface area contributed by atoms with E-state index in [-0.39, 0.29) is 0 Å². The number of aryl methyl sites for hydroxylation is 2. The number of hydrogen-bond acceptors (Lipinski definition) is 4. The number of anilines is 1. The van der Waals surface area contributed by atoms with E-state index in [9.17, 15) is 0 Å². The van der Waals surface area contributed by atoms with Gasteiger partial charge in [0.1, 0.15) is 11.5 Å². The monoisotopic (exact) mass is 405 g/mol. The highest BCUT2D eigenvalue weighted by molar-refractivity contribution is 5.80. The molecule has 0 spiro atoms. The summed E-state index contributed by atoms with van der Waals surface area (Å²) in [6.07, 6.45) is 9.10.